The second-order valence-electron chi connectivity index (χ2n) is 3.16. The molecule has 2 N–H and O–H groups in total. The molecule has 0 aliphatic heterocycles. The number of benzene rings is 1. The Bertz CT molecular complexity index is 430. The largest absolute Gasteiger partial charge is 0.506 e. The van der Waals surface area contributed by atoms with Gasteiger partial charge in [-0.2, -0.15) is 0 Å². The maximum atomic E-state index is 10.6. The van der Waals surface area contributed by atoms with Crippen molar-refractivity contribution in [2.24, 2.45) is 0 Å². The fraction of sp³-hybridized carbons (Fsp3) is 0.182. The van der Waals surface area contributed by atoms with Gasteiger partial charge in [-0.15, -0.1) is 0 Å². The van der Waals surface area contributed by atoms with E-state index >= 15 is 0 Å². The van der Waals surface area contributed by atoms with E-state index in [1.54, 1.807) is 18.2 Å². The number of rotatable bonds is 3. The van der Waals surface area contributed by atoms with Crippen LogP contribution in [-0.4, -0.2) is 17.6 Å². The molecular formula is C11H11Cl2NO2. The van der Waals surface area contributed by atoms with Crippen LogP contribution in [0.15, 0.2) is 18.2 Å². The van der Waals surface area contributed by atoms with Crippen LogP contribution in [0.3, 0.4) is 0 Å². The van der Waals surface area contributed by atoms with Crippen molar-refractivity contribution in [3.8, 4) is 5.75 Å². The molecule has 3 nitrogen and oxygen atoms in total. The molecule has 0 atom stereocenters. The molecule has 0 unspecified atom stereocenters. The Balaban J connectivity index is 2.73. The predicted molar refractivity (Wildman–Crippen MR) is 65.8 cm³/mol. The van der Waals surface area contributed by atoms with Crippen molar-refractivity contribution in [2.75, 3.05) is 6.54 Å². The molecule has 0 radical (unpaired) electrons. The summed E-state index contributed by atoms with van der Waals surface area (Å²) in [4.78, 5) is 10.6. The maximum Gasteiger partial charge on any atom is 0.217 e. The van der Waals surface area contributed by atoms with Gasteiger partial charge in [-0.1, -0.05) is 35.4 Å². The molecule has 0 aromatic heterocycles. The Labute approximate surface area is 104 Å². The number of hydrogen-bond donors (Lipinski definition) is 2. The van der Waals surface area contributed by atoms with Gasteiger partial charge in [-0.25, -0.2) is 0 Å². The van der Waals surface area contributed by atoms with Crippen LogP contribution >= 0.6 is 23.2 Å². The molecule has 1 aromatic rings. The zero-order chi connectivity index (χ0) is 12.1. The smallest absolute Gasteiger partial charge is 0.217 e. The van der Waals surface area contributed by atoms with Crippen LogP contribution in [0.5, 0.6) is 5.75 Å². The van der Waals surface area contributed by atoms with Gasteiger partial charge in [-0.3, -0.25) is 4.79 Å². The summed E-state index contributed by atoms with van der Waals surface area (Å²) in [5.41, 5.74) is 0.690. The number of aromatic hydroxyl groups is 1. The van der Waals surface area contributed by atoms with Crippen molar-refractivity contribution in [1.29, 1.82) is 0 Å². The van der Waals surface area contributed by atoms with Gasteiger partial charge in [0.15, 0.2) is 0 Å². The third-order valence-electron chi connectivity index (χ3n) is 1.83. The van der Waals surface area contributed by atoms with Crippen molar-refractivity contribution in [3.05, 3.63) is 33.8 Å². The highest BCUT2D eigenvalue weighted by Crippen LogP contribution is 2.30. The van der Waals surface area contributed by atoms with E-state index in [-0.39, 0.29) is 16.7 Å². The van der Waals surface area contributed by atoms with Crippen LogP contribution in [0.2, 0.25) is 10.0 Å². The van der Waals surface area contributed by atoms with Crippen LogP contribution < -0.4 is 5.32 Å². The molecule has 0 saturated heterocycles. The molecule has 5 heteroatoms. The summed E-state index contributed by atoms with van der Waals surface area (Å²) in [7, 11) is 0. The lowest BCUT2D eigenvalue weighted by Gasteiger charge is -2.02. The fourth-order valence-electron chi connectivity index (χ4n) is 1.07. The van der Waals surface area contributed by atoms with Crippen molar-refractivity contribution in [1.82, 2.24) is 5.32 Å². The molecule has 1 amide bonds. The number of carbonyl (C=O) groups is 1. The predicted octanol–water partition coefficient (Wildman–Crippen LogP) is 2.85. The van der Waals surface area contributed by atoms with Crippen LogP contribution in [0.4, 0.5) is 0 Å². The highest BCUT2D eigenvalue weighted by Gasteiger charge is 2.03. The lowest BCUT2D eigenvalue weighted by molar-refractivity contribution is -0.118. The SMILES string of the molecule is CC(=O)NCC=Cc1cc(Cl)c(O)cc1Cl. The third-order valence-corrected chi connectivity index (χ3v) is 2.46. The van der Waals surface area contributed by atoms with Gasteiger partial charge in [0, 0.05) is 19.5 Å². The summed E-state index contributed by atoms with van der Waals surface area (Å²) in [6, 6.07) is 2.94. The molecule has 0 aliphatic rings. The molecule has 0 bridgehead atoms. The first-order valence-electron chi connectivity index (χ1n) is 4.59. The minimum absolute atomic E-state index is 0.0503. The summed E-state index contributed by atoms with van der Waals surface area (Å²) in [5, 5.41) is 12.5. The van der Waals surface area contributed by atoms with E-state index in [1.165, 1.54) is 13.0 Å². The number of carbonyl (C=O) groups excluding carboxylic acids is 1. The number of halogens is 2. The van der Waals surface area contributed by atoms with Gasteiger partial charge in [0.05, 0.1) is 10.0 Å². The second-order valence-corrected chi connectivity index (χ2v) is 3.98. The molecule has 0 spiro atoms. The minimum atomic E-state index is -0.0977. The lowest BCUT2D eigenvalue weighted by Crippen LogP contribution is -2.19. The maximum absolute atomic E-state index is 10.6. The summed E-state index contributed by atoms with van der Waals surface area (Å²) < 4.78 is 0. The second kappa shape index (κ2) is 5.77. The van der Waals surface area contributed by atoms with E-state index in [9.17, 15) is 9.90 Å². The van der Waals surface area contributed by atoms with Crippen LogP contribution in [0.25, 0.3) is 6.08 Å². The van der Waals surface area contributed by atoms with Crippen LogP contribution in [0.1, 0.15) is 12.5 Å². The van der Waals surface area contributed by atoms with Crippen molar-refractivity contribution in [3.63, 3.8) is 0 Å². The highest BCUT2D eigenvalue weighted by atomic mass is 35.5. The molecule has 0 fully saturated rings. The van der Waals surface area contributed by atoms with E-state index in [4.69, 9.17) is 23.2 Å². The first-order chi connectivity index (χ1) is 7.50. The zero-order valence-electron chi connectivity index (χ0n) is 8.63. The molecule has 0 saturated carbocycles. The van der Waals surface area contributed by atoms with Gasteiger partial charge < -0.3 is 10.4 Å². The number of nitrogens with one attached hydrogen (secondary N) is 1. The third kappa shape index (κ3) is 3.76. The first-order valence-corrected chi connectivity index (χ1v) is 5.35. The number of phenols is 1. The number of amides is 1. The lowest BCUT2D eigenvalue weighted by atomic mass is 10.2. The molecule has 86 valence electrons. The Morgan fingerprint density at radius 2 is 2.12 bits per heavy atom. The normalized spacial score (nSPS) is 10.7. The quantitative estimate of drug-likeness (QED) is 0.877. The van der Waals surface area contributed by atoms with E-state index in [0.29, 0.717) is 17.1 Å². The van der Waals surface area contributed by atoms with Gasteiger partial charge in [0.25, 0.3) is 0 Å². The zero-order valence-corrected chi connectivity index (χ0v) is 10.1. The standard InChI is InChI=1S/C11H11Cl2NO2/c1-7(15)14-4-2-3-8-5-10(13)11(16)6-9(8)12/h2-3,5-6,16H,4H2,1H3,(H,14,15). The molecule has 16 heavy (non-hydrogen) atoms. The minimum Gasteiger partial charge on any atom is -0.506 e. The van der Waals surface area contributed by atoms with Crippen molar-refractivity contribution >= 4 is 35.2 Å². The fourth-order valence-corrected chi connectivity index (χ4v) is 1.46. The van der Waals surface area contributed by atoms with Gasteiger partial charge in [0.2, 0.25) is 5.91 Å². The van der Waals surface area contributed by atoms with Gasteiger partial charge >= 0.3 is 0 Å². The monoisotopic (exact) mass is 259 g/mol. The van der Waals surface area contributed by atoms with Gasteiger partial charge in [-0.05, 0) is 11.6 Å². The Morgan fingerprint density at radius 1 is 1.44 bits per heavy atom. The Morgan fingerprint density at radius 3 is 2.75 bits per heavy atom. The molecular weight excluding hydrogens is 249 g/mol. The number of hydrogen-bond acceptors (Lipinski definition) is 2. The summed E-state index contributed by atoms with van der Waals surface area (Å²) >= 11 is 11.6. The number of phenolic OH excluding ortho intramolecular Hbond substituents is 1. The first kappa shape index (κ1) is 12.9. The van der Waals surface area contributed by atoms with Crippen LogP contribution in [-0.2, 0) is 4.79 Å². The van der Waals surface area contributed by atoms with Gasteiger partial charge in [0.1, 0.15) is 5.75 Å². The Hall–Kier alpha value is -1.19. The van der Waals surface area contributed by atoms with E-state index in [1.807, 2.05) is 0 Å². The summed E-state index contributed by atoms with van der Waals surface area (Å²) in [5.74, 6) is -0.148. The average molecular weight is 260 g/mol. The summed E-state index contributed by atoms with van der Waals surface area (Å²) in [6.45, 7) is 1.86. The molecule has 0 heterocycles. The Kier molecular flexibility index (Phi) is 4.65. The van der Waals surface area contributed by atoms with E-state index in [2.05, 4.69) is 5.32 Å². The summed E-state index contributed by atoms with van der Waals surface area (Å²) in [6.07, 6.45) is 3.47. The highest BCUT2D eigenvalue weighted by molar-refractivity contribution is 6.35. The molecule has 1 aromatic carbocycles. The van der Waals surface area contributed by atoms with Crippen LogP contribution in [0, 0.1) is 0 Å². The van der Waals surface area contributed by atoms with Crippen molar-refractivity contribution in [2.45, 2.75) is 6.92 Å². The topological polar surface area (TPSA) is 49.3 Å². The van der Waals surface area contributed by atoms with Crippen molar-refractivity contribution < 1.29 is 9.90 Å². The molecule has 1 rings (SSSR count). The van der Waals surface area contributed by atoms with E-state index < -0.39 is 0 Å². The average Bonchev–Trinajstić information content (AvgIpc) is 2.19. The molecule has 0 aliphatic carbocycles. The van der Waals surface area contributed by atoms with E-state index in [0.717, 1.165) is 0 Å².